The summed E-state index contributed by atoms with van der Waals surface area (Å²) in [4.78, 5) is 31.6. The van der Waals surface area contributed by atoms with E-state index < -0.39 is 0 Å². The first kappa shape index (κ1) is 19.2. The number of methoxy groups -OCH3 is 2. The number of nitrogens with one attached hydrogen (secondary N) is 1. The minimum absolute atomic E-state index is 0.0167. The normalized spacial score (nSPS) is 16.7. The van der Waals surface area contributed by atoms with Gasteiger partial charge in [0.15, 0.2) is 11.5 Å². The van der Waals surface area contributed by atoms with Crippen LogP contribution in [-0.4, -0.2) is 55.6 Å². The highest BCUT2D eigenvalue weighted by molar-refractivity contribution is 7.11. The predicted octanol–water partition coefficient (Wildman–Crippen LogP) is 2.44. The molecule has 0 radical (unpaired) electrons. The third kappa shape index (κ3) is 4.39. The Labute approximate surface area is 162 Å². The second-order valence-corrected chi connectivity index (χ2v) is 7.26. The van der Waals surface area contributed by atoms with Gasteiger partial charge in [-0.1, -0.05) is 6.07 Å². The fourth-order valence-electron chi connectivity index (χ4n) is 3.29. The largest absolute Gasteiger partial charge is 0.493 e. The minimum atomic E-state index is -0.211. The lowest BCUT2D eigenvalue weighted by Crippen LogP contribution is -2.43. The van der Waals surface area contributed by atoms with Gasteiger partial charge >= 0.3 is 0 Å². The molecule has 1 aromatic carbocycles. The number of ether oxygens (including phenoxy) is 2. The molecular weight excluding hydrogens is 366 g/mol. The van der Waals surface area contributed by atoms with E-state index in [0.29, 0.717) is 35.0 Å². The third-order valence-electron chi connectivity index (χ3n) is 4.65. The van der Waals surface area contributed by atoms with Gasteiger partial charge in [0, 0.05) is 19.6 Å². The lowest BCUT2D eigenvalue weighted by atomic mass is 9.97. The highest BCUT2D eigenvalue weighted by Gasteiger charge is 2.26. The van der Waals surface area contributed by atoms with Crippen LogP contribution >= 0.6 is 11.3 Å². The molecule has 1 aromatic heterocycles. The molecule has 1 fully saturated rings. The molecule has 27 heavy (non-hydrogen) atoms. The molecule has 144 valence electrons. The van der Waals surface area contributed by atoms with Crippen LogP contribution in [0.4, 0.5) is 0 Å². The first-order valence-electron chi connectivity index (χ1n) is 8.81. The summed E-state index contributed by atoms with van der Waals surface area (Å²) in [5.74, 6) is 0.961. The molecular formula is C19H23N3O4S. The molecule has 1 saturated heterocycles. The summed E-state index contributed by atoms with van der Waals surface area (Å²) >= 11 is 1.35. The van der Waals surface area contributed by atoms with Crippen LogP contribution in [0, 0.1) is 5.92 Å². The van der Waals surface area contributed by atoms with Crippen molar-refractivity contribution in [1.29, 1.82) is 0 Å². The molecule has 2 aromatic rings. The second-order valence-electron chi connectivity index (χ2n) is 6.38. The average molecular weight is 389 g/mol. The van der Waals surface area contributed by atoms with Crippen LogP contribution in [0.3, 0.4) is 0 Å². The predicted molar refractivity (Wildman–Crippen MR) is 103 cm³/mol. The number of rotatable bonds is 6. The van der Waals surface area contributed by atoms with Crippen LogP contribution in [0.2, 0.25) is 0 Å². The zero-order valence-corrected chi connectivity index (χ0v) is 16.3. The van der Waals surface area contributed by atoms with Gasteiger partial charge < -0.3 is 19.7 Å². The van der Waals surface area contributed by atoms with E-state index in [1.165, 1.54) is 25.6 Å². The molecule has 0 saturated carbocycles. The number of carbonyl (C=O) groups is 2. The molecule has 1 aliphatic heterocycles. The fourth-order valence-corrected chi connectivity index (χ4v) is 3.88. The van der Waals surface area contributed by atoms with Crippen LogP contribution < -0.4 is 14.8 Å². The highest BCUT2D eigenvalue weighted by Crippen LogP contribution is 2.30. The molecule has 0 aliphatic carbocycles. The molecule has 1 N–H and O–H groups in total. The quantitative estimate of drug-likeness (QED) is 0.821. The smallest absolute Gasteiger partial charge is 0.265 e. The molecule has 0 unspecified atom stereocenters. The summed E-state index contributed by atoms with van der Waals surface area (Å²) in [6.45, 7) is 1.88. The summed E-state index contributed by atoms with van der Waals surface area (Å²) < 4.78 is 10.6. The van der Waals surface area contributed by atoms with E-state index in [2.05, 4.69) is 10.3 Å². The monoisotopic (exact) mass is 389 g/mol. The van der Waals surface area contributed by atoms with Crippen molar-refractivity contribution in [3.05, 3.63) is 40.3 Å². The van der Waals surface area contributed by atoms with Gasteiger partial charge in [-0.05, 0) is 30.9 Å². The van der Waals surface area contributed by atoms with Gasteiger partial charge in [-0.3, -0.25) is 14.6 Å². The van der Waals surface area contributed by atoms with Crippen molar-refractivity contribution in [3.63, 3.8) is 0 Å². The van der Waals surface area contributed by atoms with Crippen molar-refractivity contribution in [2.75, 3.05) is 33.9 Å². The number of likely N-dealkylation sites (tertiary alicyclic amines) is 1. The summed E-state index contributed by atoms with van der Waals surface area (Å²) in [6.07, 6.45) is 3.50. The standard InChI is InChI=1S/C19H23N3O4S/c1-25-15-7-3-6-14(17(15)26-2)18(23)21-9-13-5-4-8-22(11-13)19(24)16-10-20-12-27-16/h3,6-7,10,12-13H,4-5,8-9,11H2,1-2H3,(H,21,23)/t13-/m1/s1. The van der Waals surface area contributed by atoms with E-state index in [4.69, 9.17) is 9.47 Å². The van der Waals surface area contributed by atoms with Gasteiger partial charge in [0.1, 0.15) is 4.88 Å². The Morgan fingerprint density at radius 2 is 2.19 bits per heavy atom. The maximum Gasteiger partial charge on any atom is 0.265 e. The molecule has 1 atom stereocenters. The van der Waals surface area contributed by atoms with E-state index >= 15 is 0 Å². The van der Waals surface area contributed by atoms with Crippen molar-refractivity contribution in [1.82, 2.24) is 15.2 Å². The number of nitrogens with zero attached hydrogens (tertiary/aromatic N) is 2. The van der Waals surface area contributed by atoms with Crippen LogP contribution in [-0.2, 0) is 0 Å². The maximum atomic E-state index is 12.6. The number of para-hydroxylation sites is 1. The molecule has 0 spiro atoms. The van der Waals surface area contributed by atoms with Crippen LogP contribution in [0.1, 0.15) is 32.9 Å². The Morgan fingerprint density at radius 3 is 2.89 bits per heavy atom. The molecule has 2 heterocycles. The number of hydrogen-bond donors (Lipinski definition) is 1. The zero-order chi connectivity index (χ0) is 19.2. The number of piperidine rings is 1. The van der Waals surface area contributed by atoms with E-state index in [0.717, 1.165) is 19.4 Å². The van der Waals surface area contributed by atoms with Gasteiger partial charge in [-0.25, -0.2) is 0 Å². The fraction of sp³-hybridized carbons (Fsp3) is 0.421. The number of hydrogen-bond acceptors (Lipinski definition) is 6. The van der Waals surface area contributed by atoms with Crippen molar-refractivity contribution < 1.29 is 19.1 Å². The molecule has 1 aliphatic rings. The summed E-state index contributed by atoms with van der Waals surface area (Å²) in [5, 5.41) is 2.97. The lowest BCUT2D eigenvalue weighted by molar-refractivity contribution is 0.0675. The van der Waals surface area contributed by atoms with Crippen LogP contribution in [0.5, 0.6) is 11.5 Å². The van der Waals surface area contributed by atoms with Gasteiger partial charge in [0.2, 0.25) is 0 Å². The van der Waals surface area contributed by atoms with E-state index in [-0.39, 0.29) is 17.7 Å². The number of amides is 2. The highest BCUT2D eigenvalue weighted by atomic mass is 32.1. The molecule has 8 heteroatoms. The SMILES string of the molecule is COc1cccc(C(=O)NC[C@H]2CCCN(C(=O)c3cncs3)C2)c1OC. The topological polar surface area (TPSA) is 80.8 Å². The Kier molecular flexibility index (Phi) is 6.28. The molecule has 2 amide bonds. The van der Waals surface area contributed by atoms with Crippen molar-refractivity contribution in [3.8, 4) is 11.5 Å². The summed E-state index contributed by atoms with van der Waals surface area (Å²) in [7, 11) is 3.05. The van der Waals surface area contributed by atoms with E-state index in [1.807, 2.05) is 4.90 Å². The third-order valence-corrected chi connectivity index (χ3v) is 5.41. The second kappa shape index (κ2) is 8.85. The Balaban J connectivity index is 1.60. The summed E-state index contributed by atoms with van der Waals surface area (Å²) in [6, 6.07) is 5.21. The van der Waals surface area contributed by atoms with E-state index in [1.54, 1.807) is 29.9 Å². The Morgan fingerprint density at radius 1 is 1.33 bits per heavy atom. The van der Waals surface area contributed by atoms with Crippen LogP contribution in [0.25, 0.3) is 0 Å². The van der Waals surface area contributed by atoms with E-state index in [9.17, 15) is 9.59 Å². The van der Waals surface area contributed by atoms with Gasteiger partial charge in [-0.2, -0.15) is 0 Å². The van der Waals surface area contributed by atoms with Crippen LogP contribution in [0.15, 0.2) is 29.9 Å². The van der Waals surface area contributed by atoms with Crippen molar-refractivity contribution >= 4 is 23.2 Å². The average Bonchev–Trinajstić information content (AvgIpc) is 3.25. The Bertz CT molecular complexity index is 794. The number of aromatic nitrogens is 1. The maximum absolute atomic E-state index is 12.6. The van der Waals surface area contributed by atoms with Gasteiger partial charge in [-0.15, -0.1) is 11.3 Å². The summed E-state index contributed by atoms with van der Waals surface area (Å²) in [5.41, 5.74) is 2.10. The molecule has 0 bridgehead atoms. The minimum Gasteiger partial charge on any atom is -0.493 e. The van der Waals surface area contributed by atoms with Gasteiger partial charge in [0.05, 0.1) is 31.5 Å². The first-order valence-corrected chi connectivity index (χ1v) is 9.69. The molecule has 3 rings (SSSR count). The number of carbonyl (C=O) groups excluding carboxylic acids is 2. The molecule has 7 nitrogen and oxygen atoms in total. The number of thiazole rings is 1. The van der Waals surface area contributed by atoms with Crippen molar-refractivity contribution in [2.45, 2.75) is 12.8 Å². The lowest BCUT2D eigenvalue weighted by Gasteiger charge is -2.32. The zero-order valence-electron chi connectivity index (χ0n) is 15.4. The first-order chi connectivity index (χ1) is 13.1. The van der Waals surface area contributed by atoms with Crippen molar-refractivity contribution in [2.24, 2.45) is 5.92 Å². The number of benzene rings is 1. The Hall–Kier alpha value is -2.61. The van der Waals surface area contributed by atoms with Gasteiger partial charge in [0.25, 0.3) is 11.8 Å².